The Morgan fingerprint density at radius 1 is 1.23 bits per heavy atom. The van der Waals surface area contributed by atoms with Crippen molar-refractivity contribution in [3.8, 4) is 11.5 Å². The Morgan fingerprint density at radius 3 is 2.59 bits per heavy atom. The lowest BCUT2D eigenvalue weighted by atomic mass is 10.1. The number of fused-ring (bicyclic) bond motifs is 1. The van der Waals surface area contributed by atoms with E-state index in [9.17, 15) is 10.1 Å². The topological polar surface area (TPSA) is 99.4 Å². The molecule has 0 bridgehead atoms. The van der Waals surface area contributed by atoms with Gasteiger partial charge in [-0.15, -0.1) is 0 Å². The van der Waals surface area contributed by atoms with Crippen LogP contribution in [-0.2, 0) is 0 Å². The largest absolute Gasteiger partial charge is 0.486 e. The highest BCUT2D eigenvalue weighted by atomic mass is 16.6. The van der Waals surface area contributed by atoms with Gasteiger partial charge < -0.3 is 14.8 Å². The first kappa shape index (κ1) is 14.1. The van der Waals surface area contributed by atoms with Crippen LogP contribution in [0.5, 0.6) is 11.5 Å². The summed E-state index contributed by atoms with van der Waals surface area (Å²) in [5.41, 5.74) is 0.837. The molecule has 1 aromatic heterocycles. The van der Waals surface area contributed by atoms with Gasteiger partial charge in [-0.25, -0.2) is 9.97 Å². The predicted molar refractivity (Wildman–Crippen MR) is 78.2 cm³/mol. The number of hydrogen-bond acceptors (Lipinski definition) is 7. The van der Waals surface area contributed by atoms with Crippen molar-refractivity contribution in [2.75, 3.05) is 18.5 Å². The third kappa shape index (κ3) is 2.90. The van der Waals surface area contributed by atoms with Crippen molar-refractivity contribution in [3.05, 3.63) is 46.3 Å². The monoisotopic (exact) mass is 302 g/mol. The van der Waals surface area contributed by atoms with Crippen LogP contribution in [0.2, 0.25) is 0 Å². The molecule has 1 unspecified atom stereocenters. The number of ether oxygens (including phenoxy) is 2. The van der Waals surface area contributed by atoms with Crippen molar-refractivity contribution in [1.82, 2.24) is 9.97 Å². The van der Waals surface area contributed by atoms with Crippen LogP contribution in [-0.4, -0.2) is 28.1 Å². The number of nitro groups is 1. The van der Waals surface area contributed by atoms with Gasteiger partial charge in [-0.2, -0.15) is 0 Å². The molecule has 22 heavy (non-hydrogen) atoms. The van der Waals surface area contributed by atoms with Gasteiger partial charge in [0.15, 0.2) is 11.5 Å². The molecular weight excluding hydrogens is 288 g/mol. The fourth-order valence-corrected chi connectivity index (χ4v) is 2.10. The first-order valence-corrected chi connectivity index (χ1v) is 6.76. The van der Waals surface area contributed by atoms with Crippen LogP contribution in [0.15, 0.2) is 30.6 Å². The fourth-order valence-electron chi connectivity index (χ4n) is 2.10. The van der Waals surface area contributed by atoms with E-state index in [-0.39, 0.29) is 11.7 Å². The average Bonchev–Trinajstić information content (AvgIpc) is 2.55. The van der Waals surface area contributed by atoms with Crippen LogP contribution in [0, 0.1) is 10.1 Å². The standard InChI is InChI=1S/C14H14N4O4/c1-9(17-14-15-7-11(8-16-14)18(19)20)10-2-3-12-13(6-10)22-5-4-21-12/h2-3,6-9H,4-5H2,1H3,(H,15,16,17). The number of aromatic nitrogens is 2. The molecule has 1 aromatic carbocycles. The summed E-state index contributed by atoms with van der Waals surface area (Å²) in [5.74, 6) is 1.77. The second kappa shape index (κ2) is 5.84. The molecule has 0 spiro atoms. The predicted octanol–water partition coefficient (Wildman–Crippen LogP) is 2.33. The zero-order chi connectivity index (χ0) is 15.5. The lowest BCUT2D eigenvalue weighted by Gasteiger charge is -2.21. The van der Waals surface area contributed by atoms with E-state index in [0.29, 0.717) is 24.9 Å². The van der Waals surface area contributed by atoms with Crippen molar-refractivity contribution < 1.29 is 14.4 Å². The van der Waals surface area contributed by atoms with E-state index < -0.39 is 4.92 Å². The van der Waals surface area contributed by atoms with Crippen molar-refractivity contribution in [2.24, 2.45) is 0 Å². The first-order valence-electron chi connectivity index (χ1n) is 6.76. The summed E-state index contributed by atoms with van der Waals surface area (Å²) in [7, 11) is 0. The smallest absolute Gasteiger partial charge is 0.305 e. The first-order chi connectivity index (χ1) is 10.6. The third-order valence-corrected chi connectivity index (χ3v) is 3.26. The summed E-state index contributed by atoms with van der Waals surface area (Å²) < 4.78 is 11.0. The molecule has 1 aliphatic rings. The normalized spacial score (nSPS) is 14.2. The Labute approximate surface area is 126 Å². The molecule has 8 heteroatoms. The summed E-state index contributed by atoms with van der Waals surface area (Å²) in [6.45, 7) is 3.02. The number of nitrogens with zero attached hydrogens (tertiary/aromatic N) is 3. The van der Waals surface area contributed by atoms with Gasteiger partial charge in [0.05, 0.1) is 11.0 Å². The van der Waals surface area contributed by atoms with Crippen LogP contribution in [0.3, 0.4) is 0 Å². The van der Waals surface area contributed by atoms with E-state index in [2.05, 4.69) is 15.3 Å². The molecular formula is C14H14N4O4. The van der Waals surface area contributed by atoms with E-state index in [1.54, 1.807) is 0 Å². The summed E-state index contributed by atoms with van der Waals surface area (Å²) in [4.78, 5) is 17.9. The van der Waals surface area contributed by atoms with Crippen molar-refractivity contribution >= 4 is 11.6 Å². The van der Waals surface area contributed by atoms with Gasteiger partial charge in [0, 0.05) is 0 Å². The van der Waals surface area contributed by atoms with E-state index in [1.807, 2.05) is 25.1 Å². The summed E-state index contributed by atoms with van der Waals surface area (Å²) >= 11 is 0. The number of benzene rings is 1. The highest BCUT2D eigenvalue weighted by Crippen LogP contribution is 2.33. The second-order valence-electron chi connectivity index (χ2n) is 4.79. The van der Waals surface area contributed by atoms with Crippen LogP contribution < -0.4 is 14.8 Å². The molecule has 0 aliphatic carbocycles. The molecule has 1 aliphatic heterocycles. The summed E-state index contributed by atoms with van der Waals surface area (Å²) in [6.07, 6.45) is 2.34. The fraction of sp³-hybridized carbons (Fsp3) is 0.286. The maximum absolute atomic E-state index is 10.6. The molecule has 0 saturated carbocycles. The maximum atomic E-state index is 10.6. The van der Waals surface area contributed by atoms with Crippen LogP contribution >= 0.6 is 0 Å². The van der Waals surface area contributed by atoms with Crippen molar-refractivity contribution in [2.45, 2.75) is 13.0 Å². The summed E-state index contributed by atoms with van der Waals surface area (Å²) in [5, 5.41) is 13.7. The highest BCUT2D eigenvalue weighted by molar-refractivity contribution is 5.46. The molecule has 0 fully saturated rings. The number of hydrogen-bond donors (Lipinski definition) is 1. The van der Waals surface area contributed by atoms with E-state index >= 15 is 0 Å². The molecule has 0 amide bonds. The van der Waals surface area contributed by atoms with E-state index in [4.69, 9.17) is 9.47 Å². The van der Waals surface area contributed by atoms with E-state index in [0.717, 1.165) is 11.3 Å². The van der Waals surface area contributed by atoms with Crippen LogP contribution in [0.1, 0.15) is 18.5 Å². The quantitative estimate of drug-likeness (QED) is 0.683. The Morgan fingerprint density at radius 2 is 1.91 bits per heavy atom. The molecule has 8 nitrogen and oxygen atoms in total. The highest BCUT2D eigenvalue weighted by Gasteiger charge is 2.15. The van der Waals surface area contributed by atoms with Gasteiger partial charge in [-0.1, -0.05) is 6.07 Å². The SMILES string of the molecule is CC(Nc1ncc([N+](=O)[O-])cn1)c1ccc2c(c1)OCCO2. The Bertz CT molecular complexity index is 690. The molecule has 2 aromatic rings. The van der Waals surface area contributed by atoms with Gasteiger partial charge in [0.1, 0.15) is 25.6 Å². The van der Waals surface area contributed by atoms with Crippen molar-refractivity contribution in [3.63, 3.8) is 0 Å². The minimum atomic E-state index is -0.534. The molecule has 3 rings (SSSR count). The molecule has 1 N–H and O–H groups in total. The Kier molecular flexibility index (Phi) is 3.73. The number of nitrogens with one attached hydrogen (secondary N) is 1. The Balaban J connectivity index is 1.73. The minimum Gasteiger partial charge on any atom is -0.486 e. The van der Waals surface area contributed by atoms with Gasteiger partial charge in [0.25, 0.3) is 0 Å². The minimum absolute atomic E-state index is 0.0858. The molecule has 1 atom stereocenters. The average molecular weight is 302 g/mol. The van der Waals surface area contributed by atoms with Crippen LogP contribution in [0.25, 0.3) is 0 Å². The Hall–Kier alpha value is -2.90. The lowest BCUT2D eigenvalue weighted by molar-refractivity contribution is -0.385. The lowest BCUT2D eigenvalue weighted by Crippen LogP contribution is -2.16. The van der Waals surface area contributed by atoms with E-state index in [1.165, 1.54) is 12.4 Å². The second-order valence-corrected chi connectivity index (χ2v) is 4.79. The maximum Gasteiger partial charge on any atom is 0.305 e. The van der Waals surface area contributed by atoms with Crippen LogP contribution in [0.4, 0.5) is 11.6 Å². The zero-order valence-electron chi connectivity index (χ0n) is 11.9. The summed E-state index contributed by atoms with van der Waals surface area (Å²) in [6, 6.07) is 5.60. The van der Waals surface area contributed by atoms with Gasteiger partial charge in [0.2, 0.25) is 5.95 Å². The van der Waals surface area contributed by atoms with Gasteiger partial charge in [-0.3, -0.25) is 10.1 Å². The zero-order valence-corrected chi connectivity index (χ0v) is 11.9. The number of anilines is 1. The molecule has 0 radical (unpaired) electrons. The van der Waals surface area contributed by atoms with Gasteiger partial charge >= 0.3 is 5.69 Å². The molecule has 2 heterocycles. The molecule has 0 saturated heterocycles. The van der Waals surface area contributed by atoms with Crippen molar-refractivity contribution in [1.29, 1.82) is 0 Å². The number of rotatable bonds is 4. The third-order valence-electron chi connectivity index (χ3n) is 3.26. The molecule has 114 valence electrons. The van der Waals surface area contributed by atoms with Gasteiger partial charge in [-0.05, 0) is 24.6 Å².